The van der Waals surface area contributed by atoms with Gasteiger partial charge in [-0.15, -0.1) is 0 Å². The van der Waals surface area contributed by atoms with Crippen molar-refractivity contribution in [2.45, 2.75) is 39.2 Å². The van der Waals surface area contributed by atoms with Crippen LogP contribution in [0.2, 0.25) is 0 Å². The zero-order valence-corrected chi connectivity index (χ0v) is 14.3. The van der Waals surface area contributed by atoms with Gasteiger partial charge in [-0.05, 0) is 31.9 Å². The quantitative estimate of drug-likeness (QED) is 0.932. The van der Waals surface area contributed by atoms with Gasteiger partial charge in [0.05, 0.1) is 17.6 Å². The number of aryl methyl sites for hydroxylation is 1. The summed E-state index contributed by atoms with van der Waals surface area (Å²) in [5.41, 5.74) is 1.88. The smallest absolute Gasteiger partial charge is 0.245 e. The highest BCUT2D eigenvalue weighted by molar-refractivity contribution is 5.88. The molecule has 0 bridgehead atoms. The van der Waals surface area contributed by atoms with Gasteiger partial charge in [0.25, 0.3) is 0 Å². The highest BCUT2D eigenvalue weighted by Gasteiger charge is 2.27. The molecule has 128 valence electrons. The number of imidazole rings is 1. The number of hydrogen-bond donors (Lipinski definition) is 1. The van der Waals surface area contributed by atoms with E-state index in [4.69, 9.17) is 4.98 Å². The van der Waals surface area contributed by atoms with E-state index in [0.29, 0.717) is 13.1 Å². The van der Waals surface area contributed by atoms with Crippen LogP contribution >= 0.6 is 0 Å². The minimum absolute atomic E-state index is 0.0208. The Bertz CT molecular complexity index is 753. The van der Waals surface area contributed by atoms with E-state index in [0.717, 1.165) is 36.1 Å². The highest BCUT2D eigenvalue weighted by atomic mass is 16.2. The Kier molecular flexibility index (Phi) is 4.83. The van der Waals surface area contributed by atoms with E-state index in [2.05, 4.69) is 12.2 Å². The molecule has 2 heterocycles. The predicted molar refractivity (Wildman–Crippen MR) is 92.6 cm³/mol. The highest BCUT2D eigenvalue weighted by Crippen LogP contribution is 2.23. The number of carbonyl (C=O) groups excluding carboxylic acids is 2. The van der Waals surface area contributed by atoms with Crippen molar-refractivity contribution >= 4 is 22.8 Å². The summed E-state index contributed by atoms with van der Waals surface area (Å²) < 4.78 is 2.03. The number of nitrogens with one attached hydrogen (secondary N) is 1. The molecule has 0 radical (unpaired) electrons. The van der Waals surface area contributed by atoms with E-state index < -0.39 is 0 Å². The maximum atomic E-state index is 13.0. The summed E-state index contributed by atoms with van der Waals surface area (Å²) in [7, 11) is 0. The van der Waals surface area contributed by atoms with Gasteiger partial charge < -0.3 is 14.8 Å². The molecule has 1 aliphatic heterocycles. The first kappa shape index (κ1) is 16.5. The largest absolute Gasteiger partial charge is 0.354 e. The summed E-state index contributed by atoms with van der Waals surface area (Å²) in [5.74, 6) is 0.823. The number of hydrogen-bond acceptors (Lipinski definition) is 3. The summed E-state index contributed by atoms with van der Waals surface area (Å²) in [6, 6.07) is 7.53. The summed E-state index contributed by atoms with van der Waals surface area (Å²) in [6.07, 6.45) is 2.58. The molecular formula is C18H24N4O2. The Hall–Kier alpha value is -2.37. The van der Waals surface area contributed by atoms with E-state index in [-0.39, 0.29) is 24.4 Å². The van der Waals surface area contributed by atoms with Gasteiger partial charge in [0.1, 0.15) is 11.9 Å². The maximum Gasteiger partial charge on any atom is 0.245 e. The van der Waals surface area contributed by atoms with Gasteiger partial charge in [0.2, 0.25) is 11.8 Å². The van der Waals surface area contributed by atoms with Crippen molar-refractivity contribution in [3.63, 3.8) is 0 Å². The van der Waals surface area contributed by atoms with Crippen LogP contribution in [0.3, 0.4) is 0 Å². The van der Waals surface area contributed by atoms with Crippen LogP contribution in [0.1, 0.15) is 38.6 Å². The lowest BCUT2D eigenvalue weighted by atomic mass is 10.2. The lowest BCUT2D eigenvalue weighted by Gasteiger charge is -2.25. The number of para-hydroxylation sites is 2. The topological polar surface area (TPSA) is 67.2 Å². The van der Waals surface area contributed by atoms with Crippen molar-refractivity contribution in [2.24, 2.45) is 0 Å². The fourth-order valence-corrected chi connectivity index (χ4v) is 3.30. The van der Waals surface area contributed by atoms with E-state index in [1.54, 1.807) is 4.90 Å². The van der Waals surface area contributed by atoms with Crippen LogP contribution in [0.15, 0.2) is 24.3 Å². The molecule has 1 unspecified atom stereocenters. The molecule has 0 aliphatic carbocycles. The third-order valence-electron chi connectivity index (χ3n) is 4.46. The first-order chi connectivity index (χ1) is 11.6. The van der Waals surface area contributed by atoms with Crippen LogP contribution in [0, 0.1) is 0 Å². The molecule has 1 aliphatic rings. The van der Waals surface area contributed by atoms with E-state index in [1.807, 2.05) is 35.8 Å². The van der Waals surface area contributed by atoms with Crippen LogP contribution in [0.25, 0.3) is 11.0 Å². The zero-order valence-electron chi connectivity index (χ0n) is 14.3. The number of nitrogens with zero attached hydrogens (tertiary/aromatic N) is 3. The van der Waals surface area contributed by atoms with Gasteiger partial charge in [-0.3, -0.25) is 9.59 Å². The number of rotatable bonds is 4. The average Bonchev–Trinajstić information content (AvgIpc) is 2.79. The third-order valence-corrected chi connectivity index (χ3v) is 4.46. The second kappa shape index (κ2) is 7.03. The van der Waals surface area contributed by atoms with E-state index in [1.165, 1.54) is 0 Å². The van der Waals surface area contributed by atoms with Gasteiger partial charge >= 0.3 is 0 Å². The Morgan fingerprint density at radius 3 is 2.96 bits per heavy atom. The van der Waals surface area contributed by atoms with Gasteiger partial charge in [-0.1, -0.05) is 19.1 Å². The number of carbonyl (C=O) groups is 2. The number of aromatic nitrogens is 2. The molecule has 2 amide bonds. The Balaban J connectivity index is 1.94. The van der Waals surface area contributed by atoms with Crippen molar-refractivity contribution in [2.75, 3.05) is 19.6 Å². The van der Waals surface area contributed by atoms with Gasteiger partial charge in [0, 0.05) is 19.5 Å². The molecule has 6 heteroatoms. The lowest BCUT2D eigenvalue weighted by molar-refractivity contribution is -0.137. The lowest BCUT2D eigenvalue weighted by Crippen LogP contribution is -2.41. The van der Waals surface area contributed by atoms with Crippen LogP contribution in [-0.2, 0) is 16.0 Å². The fourth-order valence-electron chi connectivity index (χ4n) is 3.30. The molecule has 1 aromatic heterocycles. The normalized spacial score (nSPS) is 16.8. The summed E-state index contributed by atoms with van der Waals surface area (Å²) in [6.45, 7) is 5.39. The van der Waals surface area contributed by atoms with Gasteiger partial charge in [-0.25, -0.2) is 4.98 Å². The van der Waals surface area contributed by atoms with Crippen LogP contribution in [0.5, 0.6) is 0 Å². The van der Waals surface area contributed by atoms with Gasteiger partial charge in [-0.2, -0.15) is 0 Å². The summed E-state index contributed by atoms with van der Waals surface area (Å²) in [4.78, 5) is 31.1. The molecule has 1 N–H and O–H groups in total. The molecule has 1 aromatic carbocycles. The van der Waals surface area contributed by atoms with Crippen LogP contribution in [-0.4, -0.2) is 45.9 Å². The number of benzene rings is 1. The first-order valence-corrected chi connectivity index (χ1v) is 8.63. The fraction of sp³-hybridized carbons (Fsp3) is 0.500. The Morgan fingerprint density at radius 1 is 1.38 bits per heavy atom. The molecule has 1 atom stereocenters. The average molecular weight is 328 g/mol. The van der Waals surface area contributed by atoms with Gasteiger partial charge in [0.15, 0.2) is 0 Å². The Labute approximate surface area is 141 Å². The van der Waals surface area contributed by atoms with Crippen molar-refractivity contribution in [1.29, 1.82) is 0 Å². The van der Waals surface area contributed by atoms with Crippen LogP contribution < -0.4 is 5.32 Å². The standard InChI is InChI=1S/C18H24N4O2/c1-3-7-16-20-14-8-4-5-9-15(14)22(16)13(2)18(24)21-11-6-10-19-17(23)12-21/h4-5,8-9,13H,3,6-7,10-12H2,1-2H3,(H,19,23). The van der Waals surface area contributed by atoms with Crippen molar-refractivity contribution in [3.8, 4) is 0 Å². The molecular weight excluding hydrogens is 304 g/mol. The first-order valence-electron chi connectivity index (χ1n) is 8.63. The number of amides is 2. The molecule has 6 nitrogen and oxygen atoms in total. The second-order valence-electron chi connectivity index (χ2n) is 6.28. The Morgan fingerprint density at radius 2 is 2.17 bits per heavy atom. The SMILES string of the molecule is CCCc1nc2ccccc2n1C(C)C(=O)N1CCCNC(=O)C1. The van der Waals surface area contributed by atoms with E-state index >= 15 is 0 Å². The maximum absolute atomic E-state index is 13.0. The van der Waals surface area contributed by atoms with E-state index in [9.17, 15) is 9.59 Å². The molecule has 0 spiro atoms. The van der Waals surface area contributed by atoms with Crippen LogP contribution in [0.4, 0.5) is 0 Å². The number of fused-ring (bicyclic) bond motifs is 1. The van der Waals surface area contributed by atoms with Crippen molar-refractivity contribution < 1.29 is 9.59 Å². The summed E-state index contributed by atoms with van der Waals surface area (Å²) in [5, 5.41) is 2.81. The molecule has 1 saturated heterocycles. The molecule has 0 saturated carbocycles. The minimum atomic E-state index is -0.371. The third kappa shape index (κ3) is 3.13. The second-order valence-corrected chi connectivity index (χ2v) is 6.28. The minimum Gasteiger partial charge on any atom is -0.354 e. The molecule has 3 rings (SSSR count). The van der Waals surface area contributed by atoms with Crippen molar-refractivity contribution in [1.82, 2.24) is 19.8 Å². The zero-order chi connectivity index (χ0) is 17.1. The van der Waals surface area contributed by atoms with Crippen molar-refractivity contribution in [3.05, 3.63) is 30.1 Å². The predicted octanol–water partition coefficient (Wildman–Crippen LogP) is 1.90. The molecule has 2 aromatic rings. The molecule has 24 heavy (non-hydrogen) atoms. The monoisotopic (exact) mass is 328 g/mol. The summed E-state index contributed by atoms with van der Waals surface area (Å²) >= 11 is 0. The molecule has 1 fully saturated rings.